The third kappa shape index (κ3) is 3.21. The highest BCUT2D eigenvalue weighted by molar-refractivity contribution is 5.84. The molecule has 3 aromatic carbocycles. The molecule has 0 saturated carbocycles. The Labute approximate surface area is 142 Å². The van der Waals surface area contributed by atoms with E-state index in [-0.39, 0.29) is 5.56 Å². The molecule has 0 saturated heterocycles. The van der Waals surface area contributed by atoms with Gasteiger partial charge >= 0.3 is 0 Å². The molecule has 3 rings (SSSR count). The highest BCUT2D eigenvalue weighted by atomic mass is 19.1. The first-order chi connectivity index (χ1) is 11.7. The zero-order valence-electron chi connectivity index (χ0n) is 13.6. The van der Waals surface area contributed by atoms with Crippen LogP contribution in [-0.4, -0.2) is 0 Å². The maximum atomic E-state index is 14.0. The van der Waals surface area contributed by atoms with Crippen molar-refractivity contribution < 1.29 is 4.39 Å². The van der Waals surface area contributed by atoms with E-state index in [1.165, 1.54) is 11.6 Å². The standard InChI is InChI=1S/C22H18FN/c1-2-6-16-9-12-20(18-10-11-19(15-24)22(23)14-18)21(13-16)17-7-4-3-5-8-17/h3-5,7-14H,2,6H2,1H3. The van der Waals surface area contributed by atoms with E-state index in [4.69, 9.17) is 5.26 Å². The van der Waals surface area contributed by atoms with Crippen molar-refractivity contribution in [2.45, 2.75) is 19.8 Å². The smallest absolute Gasteiger partial charge is 0.141 e. The molecule has 3 aromatic rings. The van der Waals surface area contributed by atoms with Gasteiger partial charge in [-0.2, -0.15) is 5.26 Å². The van der Waals surface area contributed by atoms with Gasteiger partial charge in [0.25, 0.3) is 0 Å². The number of nitriles is 1. The average molecular weight is 315 g/mol. The van der Waals surface area contributed by atoms with E-state index >= 15 is 0 Å². The number of hydrogen-bond donors (Lipinski definition) is 0. The number of aryl methyl sites for hydroxylation is 1. The minimum atomic E-state index is -0.480. The summed E-state index contributed by atoms with van der Waals surface area (Å²) in [5, 5.41) is 8.92. The number of hydrogen-bond acceptors (Lipinski definition) is 1. The van der Waals surface area contributed by atoms with Crippen LogP contribution in [-0.2, 0) is 6.42 Å². The van der Waals surface area contributed by atoms with Gasteiger partial charge in [-0.25, -0.2) is 4.39 Å². The molecule has 0 radical (unpaired) electrons. The Morgan fingerprint density at radius 2 is 1.67 bits per heavy atom. The molecule has 0 heterocycles. The zero-order valence-corrected chi connectivity index (χ0v) is 13.6. The maximum Gasteiger partial charge on any atom is 0.141 e. The molecular formula is C22H18FN. The lowest BCUT2D eigenvalue weighted by atomic mass is 9.91. The Morgan fingerprint density at radius 1 is 0.875 bits per heavy atom. The summed E-state index contributed by atoms with van der Waals surface area (Å²) in [7, 11) is 0. The number of benzene rings is 3. The normalized spacial score (nSPS) is 10.4. The van der Waals surface area contributed by atoms with Crippen LogP contribution in [0.15, 0.2) is 66.7 Å². The summed E-state index contributed by atoms with van der Waals surface area (Å²) in [5.41, 5.74) is 5.30. The van der Waals surface area contributed by atoms with Crippen LogP contribution in [0.1, 0.15) is 24.5 Å². The van der Waals surface area contributed by atoms with Gasteiger partial charge in [-0.3, -0.25) is 0 Å². The first-order valence-corrected chi connectivity index (χ1v) is 8.11. The molecule has 0 fully saturated rings. The van der Waals surface area contributed by atoms with Crippen molar-refractivity contribution in [1.82, 2.24) is 0 Å². The van der Waals surface area contributed by atoms with Crippen LogP contribution in [0, 0.1) is 17.1 Å². The van der Waals surface area contributed by atoms with Crippen LogP contribution >= 0.6 is 0 Å². The van der Waals surface area contributed by atoms with Gasteiger partial charge in [0.1, 0.15) is 11.9 Å². The van der Waals surface area contributed by atoms with E-state index in [9.17, 15) is 4.39 Å². The highest BCUT2D eigenvalue weighted by Crippen LogP contribution is 2.34. The van der Waals surface area contributed by atoms with E-state index in [2.05, 4.69) is 31.2 Å². The fourth-order valence-electron chi connectivity index (χ4n) is 2.92. The van der Waals surface area contributed by atoms with Gasteiger partial charge in [-0.15, -0.1) is 0 Å². The van der Waals surface area contributed by atoms with Crippen LogP contribution in [0.25, 0.3) is 22.3 Å². The summed E-state index contributed by atoms with van der Waals surface area (Å²) < 4.78 is 14.0. The molecule has 118 valence electrons. The lowest BCUT2D eigenvalue weighted by Crippen LogP contribution is -1.91. The summed E-state index contributed by atoms with van der Waals surface area (Å²) in [6.07, 6.45) is 2.10. The van der Waals surface area contributed by atoms with Crippen LogP contribution < -0.4 is 0 Å². The third-order valence-corrected chi connectivity index (χ3v) is 4.11. The quantitative estimate of drug-likeness (QED) is 0.580. The van der Waals surface area contributed by atoms with Crippen molar-refractivity contribution >= 4 is 0 Å². The summed E-state index contributed by atoms with van der Waals surface area (Å²) in [5.74, 6) is -0.480. The van der Waals surface area contributed by atoms with Crippen molar-refractivity contribution in [3.05, 3.63) is 83.7 Å². The van der Waals surface area contributed by atoms with Gasteiger partial charge in [0.05, 0.1) is 5.56 Å². The molecule has 0 aliphatic rings. The molecule has 0 atom stereocenters. The molecule has 1 nitrogen and oxygen atoms in total. The number of nitrogens with zero attached hydrogens (tertiary/aromatic N) is 1. The summed E-state index contributed by atoms with van der Waals surface area (Å²) in [4.78, 5) is 0. The first-order valence-electron chi connectivity index (χ1n) is 8.11. The SMILES string of the molecule is CCCc1ccc(-c2ccc(C#N)c(F)c2)c(-c2ccccc2)c1. The van der Waals surface area contributed by atoms with Gasteiger partial charge in [0, 0.05) is 0 Å². The van der Waals surface area contributed by atoms with Crippen LogP contribution in [0.2, 0.25) is 0 Å². The molecule has 0 unspecified atom stereocenters. The number of rotatable bonds is 4. The van der Waals surface area contributed by atoms with Gasteiger partial charge in [-0.05, 0) is 46.4 Å². The maximum absolute atomic E-state index is 14.0. The minimum absolute atomic E-state index is 0.0719. The summed E-state index contributed by atoms with van der Waals surface area (Å²) >= 11 is 0. The van der Waals surface area contributed by atoms with Gasteiger partial charge in [0.15, 0.2) is 0 Å². The monoisotopic (exact) mass is 315 g/mol. The van der Waals surface area contributed by atoms with E-state index in [0.717, 1.165) is 35.1 Å². The Morgan fingerprint density at radius 3 is 2.33 bits per heavy atom. The molecule has 0 aliphatic heterocycles. The fourth-order valence-corrected chi connectivity index (χ4v) is 2.92. The second-order valence-electron chi connectivity index (χ2n) is 5.80. The van der Waals surface area contributed by atoms with Crippen molar-refractivity contribution in [3.63, 3.8) is 0 Å². The van der Waals surface area contributed by atoms with Gasteiger partial charge in [-0.1, -0.05) is 67.9 Å². The Balaban J connectivity index is 2.17. The average Bonchev–Trinajstić information content (AvgIpc) is 2.62. The van der Waals surface area contributed by atoms with E-state index in [0.29, 0.717) is 0 Å². The molecule has 0 bridgehead atoms. The van der Waals surface area contributed by atoms with Crippen molar-refractivity contribution in [1.29, 1.82) is 5.26 Å². The lowest BCUT2D eigenvalue weighted by molar-refractivity contribution is 0.624. The molecule has 0 amide bonds. The summed E-state index contributed by atoms with van der Waals surface area (Å²) in [6, 6.07) is 23.1. The third-order valence-electron chi connectivity index (χ3n) is 4.11. The van der Waals surface area contributed by atoms with Gasteiger partial charge in [0.2, 0.25) is 0 Å². The predicted octanol–water partition coefficient (Wildman–Crippen LogP) is 5.98. The topological polar surface area (TPSA) is 23.8 Å². The van der Waals surface area contributed by atoms with Crippen LogP contribution in [0.4, 0.5) is 4.39 Å². The lowest BCUT2D eigenvalue weighted by Gasteiger charge is -2.13. The van der Waals surface area contributed by atoms with Gasteiger partial charge < -0.3 is 0 Å². The second-order valence-corrected chi connectivity index (χ2v) is 5.80. The molecule has 2 heteroatoms. The molecule has 0 spiro atoms. The molecular weight excluding hydrogens is 297 g/mol. The highest BCUT2D eigenvalue weighted by Gasteiger charge is 2.11. The molecule has 0 N–H and O–H groups in total. The Hall–Kier alpha value is -2.92. The van der Waals surface area contributed by atoms with E-state index in [1.54, 1.807) is 6.07 Å². The van der Waals surface area contributed by atoms with E-state index in [1.807, 2.05) is 36.4 Å². The van der Waals surface area contributed by atoms with Crippen molar-refractivity contribution in [2.24, 2.45) is 0 Å². The predicted molar refractivity (Wildman–Crippen MR) is 96.0 cm³/mol. The Kier molecular flexibility index (Phi) is 4.72. The van der Waals surface area contributed by atoms with Crippen molar-refractivity contribution in [3.8, 4) is 28.3 Å². The first kappa shape index (κ1) is 16.0. The van der Waals surface area contributed by atoms with E-state index < -0.39 is 5.82 Å². The largest absolute Gasteiger partial charge is 0.206 e. The minimum Gasteiger partial charge on any atom is -0.206 e. The molecule has 0 aliphatic carbocycles. The van der Waals surface area contributed by atoms with Crippen molar-refractivity contribution in [2.75, 3.05) is 0 Å². The fraction of sp³-hybridized carbons (Fsp3) is 0.136. The number of halogens is 1. The molecule has 24 heavy (non-hydrogen) atoms. The summed E-state index contributed by atoms with van der Waals surface area (Å²) in [6.45, 7) is 2.16. The molecule has 0 aromatic heterocycles. The second kappa shape index (κ2) is 7.10. The zero-order chi connectivity index (χ0) is 16.9. The van der Waals surface area contributed by atoms with Crippen LogP contribution in [0.5, 0.6) is 0 Å². The Bertz CT molecular complexity index is 892. The van der Waals surface area contributed by atoms with Crippen LogP contribution in [0.3, 0.4) is 0 Å².